The Morgan fingerprint density at radius 3 is 2.45 bits per heavy atom. The summed E-state index contributed by atoms with van der Waals surface area (Å²) in [6.07, 6.45) is 1.02. The highest BCUT2D eigenvalue weighted by Crippen LogP contribution is 2.14. The van der Waals surface area contributed by atoms with Crippen molar-refractivity contribution in [2.45, 2.75) is 19.8 Å². The van der Waals surface area contributed by atoms with Crippen LogP contribution >= 0.6 is 0 Å². The van der Waals surface area contributed by atoms with Gasteiger partial charge in [0.1, 0.15) is 0 Å². The summed E-state index contributed by atoms with van der Waals surface area (Å²) in [5.74, 6) is -5.53. The van der Waals surface area contributed by atoms with E-state index >= 15 is 0 Å². The van der Waals surface area contributed by atoms with Crippen molar-refractivity contribution in [2.24, 2.45) is 0 Å². The number of ether oxygens (including phenoxy) is 1. The van der Waals surface area contributed by atoms with E-state index in [1.807, 2.05) is 6.92 Å². The maximum atomic E-state index is 13.4. The van der Waals surface area contributed by atoms with E-state index in [1.165, 1.54) is 0 Å². The third kappa shape index (κ3) is 5.27. The lowest BCUT2D eigenvalue weighted by Crippen LogP contribution is -2.35. The molecule has 0 saturated carbocycles. The average Bonchev–Trinajstić information content (AvgIpc) is 2.49. The Morgan fingerprint density at radius 1 is 1.09 bits per heavy atom. The SMILES string of the molecule is CCCCOC(=O)NCCNC(=O)c1ccc(F)c(F)c1F. The molecule has 0 aromatic heterocycles. The van der Waals surface area contributed by atoms with Crippen molar-refractivity contribution in [1.82, 2.24) is 10.6 Å². The third-order valence-corrected chi connectivity index (χ3v) is 2.69. The van der Waals surface area contributed by atoms with Crippen LogP contribution in [0, 0.1) is 17.5 Å². The highest BCUT2D eigenvalue weighted by molar-refractivity contribution is 5.94. The summed E-state index contributed by atoms with van der Waals surface area (Å²) in [6.45, 7) is 2.30. The zero-order chi connectivity index (χ0) is 16.5. The molecule has 0 aliphatic carbocycles. The fourth-order valence-corrected chi connectivity index (χ4v) is 1.50. The van der Waals surface area contributed by atoms with E-state index in [9.17, 15) is 22.8 Å². The first-order valence-corrected chi connectivity index (χ1v) is 6.79. The molecular formula is C14H17F3N2O3. The van der Waals surface area contributed by atoms with Crippen LogP contribution in [0.2, 0.25) is 0 Å². The van der Waals surface area contributed by atoms with Crippen LogP contribution in [0.25, 0.3) is 0 Å². The molecule has 2 N–H and O–H groups in total. The molecule has 0 fully saturated rings. The van der Waals surface area contributed by atoms with Crippen LogP contribution < -0.4 is 10.6 Å². The molecule has 8 heteroatoms. The van der Waals surface area contributed by atoms with Crippen molar-refractivity contribution in [3.8, 4) is 0 Å². The van der Waals surface area contributed by atoms with Gasteiger partial charge in [0.15, 0.2) is 17.5 Å². The molecule has 0 bridgehead atoms. The van der Waals surface area contributed by atoms with Gasteiger partial charge in [-0.1, -0.05) is 13.3 Å². The van der Waals surface area contributed by atoms with Crippen LogP contribution in [0.15, 0.2) is 12.1 Å². The average molecular weight is 318 g/mol. The van der Waals surface area contributed by atoms with Gasteiger partial charge in [-0.25, -0.2) is 18.0 Å². The molecule has 1 aromatic rings. The van der Waals surface area contributed by atoms with E-state index in [-0.39, 0.29) is 13.1 Å². The molecular weight excluding hydrogens is 301 g/mol. The van der Waals surface area contributed by atoms with Gasteiger partial charge in [0, 0.05) is 13.1 Å². The molecule has 1 rings (SSSR count). The summed E-state index contributed by atoms with van der Waals surface area (Å²) >= 11 is 0. The second-order valence-electron chi connectivity index (χ2n) is 4.40. The number of hydrogen-bond donors (Lipinski definition) is 2. The summed E-state index contributed by atoms with van der Waals surface area (Å²) in [4.78, 5) is 22.8. The number of carbonyl (C=O) groups is 2. The third-order valence-electron chi connectivity index (χ3n) is 2.69. The van der Waals surface area contributed by atoms with E-state index in [0.29, 0.717) is 12.7 Å². The van der Waals surface area contributed by atoms with Crippen molar-refractivity contribution >= 4 is 12.0 Å². The molecule has 0 unspecified atom stereocenters. The van der Waals surface area contributed by atoms with Crippen LogP contribution in [-0.4, -0.2) is 31.7 Å². The Bertz CT molecular complexity index is 538. The number of unbranched alkanes of at least 4 members (excludes halogenated alkanes) is 1. The van der Waals surface area contributed by atoms with Gasteiger partial charge in [-0.15, -0.1) is 0 Å². The number of amides is 2. The molecule has 0 atom stereocenters. The van der Waals surface area contributed by atoms with Crippen LogP contribution in [0.1, 0.15) is 30.1 Å². The van der Waals surface area contributed by atoms with Gasteiger partial charge in [-0.3, -0.25) is 4.79 Å². The minimum Gasteiger partial charge on any atom is -0.450 e. The van der Waals surface area contributed by atoms with Gasteiger partial charge in [0.25, 0.3) is 5.91 Å². The van der Waals surface area contributed by atoms with E-state index in [4.69, 9.17) is 4.74 Å². The topological polar surface area (TPSA) is 67.4 Å². The molecule has 0 aliphatic rings. The Hall–Kier alpha value is -2.25. The zero-order valence-corrected chi connectivity index (χ0v) is 12.0. The van der Waals surface area contributed by atoms with Gasteiger partial charge >= 0.3 is 6.09 Å². The first-order valence-electron chi connectivity index (χ1n) is 6.79. The molecule has 0 heterocycles. The second-order valence-corrected chi connectivity index (χ2v) is 4.40. The maximum absolute atomic E-state index is 13.4. The van der Waals surface area contributed by atoms with E-state index < -0.39 is 35.0 Å². The van der Waals surface area contributed by atoms with Crippen molar-refractivity contribution in [2.75, 3.05) is 19.7 Å². The van der Waals surface area contributed by atoms with Crippen LogP contribution in [0.3, 0.4) is 0 Å². The lowest BCUT2D eigenvalue weighted by molar-refractivity contribution is 0.0946. The number of hydrogen-bond acceptors (Lipinski definition) is 3. The summed E-state index contributed by atoms with van der Waals surface area (Å²) in [6, 6.07) is 1.51. The number of nitrogens with one attached hydrogen (secondary N) is 2. The summed E-state index contributed by atoms with van der Waals surface area (Å²) < 4.78 is 43.9. The monoisotopic (exact) mass is 318 g/mol. The fourth-order valence-electron chi connectivity index (χ4n) is 1.50. The Morgan fingerprint density at radius 2 is 1.77 bits per heavy atom. The molecule has 22 heavy (non-hydrogen) atoms. The molecule has 0 radical (unpaired) electrons. The van der Waals surface area contributed by atoms with Crippen LogP contribution in [-0.2, 0) is 4.74 Å². The normalized spacial score (nSPS) is 10.2. The van der Waals surface area contributed by atoms with Crippen molar-refractivity contribution < 1.29 is 27.5 Å². The lowest BCUT2D eigenvalue weighted by Gasteiger charge is -2.08. The van der Waals surface area contributed by atoms with Crippen molar-refractivity contribution in [3.63, 3.8) is 0 Å². The molecule has 5 nitrogen and oxygen atoms in total. The van der Waals surface area contributed by atoms with E-state index in [2.05, 4.69) is 10.6 Å². The number of rotatable bonds is 7. The minimum absolute atomic E-state index is 0.0137. The van der Waals surface area contributed by atoms with Gasteiger partial charge in [0.05, 0.1) is 12.2 Å². The second kappa shape index (κ2) is 8.91. The number of alkyl carbamates (subject to hydrolysis) is 1. The fraction of sp³-hybridized carbons (Fsp3) is 0.429. The standard InChI is InChI=1S/C14H17F3N2O3/c1-2-3-8-22-14(21)19-7-6-18-13(20)9-4-5-10(15)12(17)11(9)16/h4-5H,2-3,6-8H2,1H3,(H,18,20)(H,19,21). The number of carbonyl (C=O) groups excluding carboxylic acids is 2. The molecule has 0 spiro atoms. The van der Waals surface area contributed by atoms with Gasteiger partial charge in [-0.05, 0) is 18.6 Å². The summed E-state index contributed by atoms with van der Waals surface area (Å²) in [5.41, 5.74) is -0.607. The van der Waals surface area contributed by atoms with Gasteiger partial charge in [-0.2, -0.15) is 0 Å². The van der Waals surface area contributed by atoms with E-state index in [1.54, 1.807) is 0 Å². The molecule has 0 saturated heterocycles. The Labute approximate surface area is 125 Å². The predicted octanol–water partition coefficient (Wildman–Crippen LogP) is 2.36. The Kier molecular flexibility index (Phi) is 7.21. The van der Waals surface area contributed by atoms with Gasteiger partial charge in [0.2, 0.25) is 0 Å². The smallest absolute Gasteiger partial charge is 0.407 e. The molecule has 122 valence electrons. The Balaban J connectivity index is 2.35. The predicted molar refractivity (Wildman–Crippen MR) is 72.9 cm³/mol. The molecule has 0 aliphatic heterocycles. The van der Waals surface area contributed by atoms with Crippen molar-refractivity contribution in [1.29, 1.82) is 0 Å². The highest BCUT2D eigenvalue weighted by atomic mass is 19.2. The first kappa shape index (κ1) is 17.8. The molecule has 2 amide bonds. The van der Waals surface area contributed by atoms with Gasteiger partial charge < -0.3 is 15.4 Å². The quantitative estimate of drug-likeness (QED) is 0.599. The summed E-state index contributed by atoms with van der Waals surface area (Å²) in [7, 11) is 0. The van der Waals surface area contributed by atoms with Crippen LogP contribution in [0.5, 0.6) is 0 Å². The van der Waals surface area contributed by atoms with Crippen molar-refractivity contribution in [3.05, 3.63) is 35.1 Å². The highest BCUT2D eigenvalue weighted by Gasteiger charge is 2.18. The van der Waals surface area contributed by atoms with Crippen LogP contribution in [0.4, 0.5) is 18.0 Å². The first-order chi connectivity index (χ1) is 10.5. The largest absolute Gasteiger partial charge is 0.450 e. The zero-order valence-electron chi connectivity index (χ0n) is 12.0. The lowest BCUT2D eigenvalue weighted by atomic mass is 10.2. The number of benzene rings is 1. The number of halogens is 3. The molecule has 1 aromatic carbocycles. The summed E-state index contributed by atoms with van der Waals surface area (Å²) in [5, 5.41) is 4.65. The minimum atomic E-state index is -1.70. The maximum Gasteiger partial charge on any atom is 0.407 e. The van der Waals surface area contributed by atoms with E-state index in [0.717, 1.165) is 18.9 Å².